The predicted molar refractivity (Wildman–Crippen MR) is 309 cm³/mol. The molecule has 0 saturated heterocycles. The number of oxazole rings is 1. The van der Waals surface area contributed by atoms with Gasteiger partial charge in [-0.2, -0.15) is 40.5 Å². The number of nitrogens with zero attached hydrogens (tertiary/aromatic N) is 17. The second-order valence-corrected chi connectivity index (χ2v) is 15.0. The van der Waals surface area contributed by atoms with Crippen molar-refractivity contribution in [3.63, 3.8) is 0 Å². The molecule has 402 valence electrons. The predicted octanol–water partition coefficient (Wildman–Crippen LogP) is 13.4. The van der Waals surface area contributed by atoms with Crippen LogP contribution in [0, 0.1) is 0 Å². The maximum atomic E-state index is 4.58. The van der Waals surface area contributed by atoms with Gasteiger partial charge in [-0.05, 0) is 95.5 Å². The molecule has 0 unspecified atom stereocenters. The van der Waals surface area contributed by atoms with Crippen LogP contribution >= 0.6 is 45.9 Å². The van der Waals surface area contributed by atoms with E-state index in [0.717, 1.165) is 25.9 Å². The highest BCUT2D eigenvalue weighted by atomic mass is 32.1. The molecule has 0 spiro atoms. The molecule has 78 heavy (non-hydrogen) atoms. The molecule has 4 aliphatic rings. The summed E-state index contributed by atoms with van der Waals surface area (Å²) in [6.07, 6.45) is 57.9. The molecular formula is C53H57N17O4S4. The minimum atomic E-state index is 0.778. The number of furan rings is 1. The molecule has 11 aromatic rings. The Morgan fingerprint density at radius 1 is 0.423 bits per heavy atom. The number of aromatic nitrogens is 13. The molecule has 25 heteroatoms. The second kappa shape index (κ2) is 63.4. The van der Waals surface area contributed by atoms with Gasteiger partial charge in [0.25, 0.3) is 0 Å². The molecule has 0 saturated carbocycles. The maximum Gasteiger partial charge on any atom is 0.180 e. The molecule has 0 N–H and O–H groups in total. The molecule has 21 nitrogen and oxygen atoms in total. The molecule has 14 heterocycles. The van der Waals surface area contributed by atoms with Crippen LogP contribution in [0.25, 0.3) is 0 Å². The summed E-state index contributed by atoms with van der Waals surface area (Å²) >= 11 is 5.99. The van der Waals surface area contributed by atoms with Crippen LogP contribution in [0.5, 0.6) is 0 Å². The summed E-state index contributed by atoms with van der Waals surface area (Å²) in [5.41, 5.74) is 1.79. The van der Waals surface area contributed by atoms with E-state index in [1.807, 2.05) is 113 Å². The molecule has 0 atom stereocenters. The van der Waals surface area contributed by atoms with Gasteiger partial charge in [0.1, 0.15) is 18.9 Å². The SMILES string of the molecule is C1=CCC=C1.C1=CCN=C1.C1=CN=CC1.C1=CN=NC1.c1ccncc1.c1ccnnc1.c1ccoc1.c1ccsc1.c1cncnc1.c1cnoc1.c1cnon1.c1cnsc1.c1cnsn1.c1cocn1.c1cscn1. The molecule has 0 aromatic carbocycles. The number of aliphatic imine (C=N–C) groups is 2. The summed E-state index contributed by atoms with van der Waals surface area (Å²) in [6.45, 7) is 1.67. The lowest BCUT2D eigenvalue weighted by molar-refractivity contribution is 0.307. The average molecular weight is 1120 g/mol. The summed E-state index contributed by atoms with van der Waals surface area (Å²) in [4.78, 5) is 26.1. The lowest BCUT2D eigenvalue weighted by Gasteiger charge is -1.70. The lowest BCUT2D eigenvalue weighted by atomic mass is 10.5. The minimum absolute atomic E-state index is 0.778. The first-order valence-electron chi connectivity index (χ1n) is 22.6. The van der Waals surface area contributed by atoms with Crippen molar-refractivity contribution < 1.29 is 18.0 Å². The van der Waals surface area contributed by atoms with Crippen molar-refractivity contribution in [2.45, 2.75) is 12.8 Å². The van der Waals surface area contributed by atoms with Gasteiger partial charge in [-0.1, -0.05) is 70.1 Å². The third kappa shape index (κ3) is 60.6. The van der Waals surface area contributed by atoms with Crippen LogP contribution in [0.3, 0.4) is 0 Å². The fourth-order valence-electron chi connectivity index (χ4n) is 3.48. The number of hydrogen-bond acceptors (Lipinski definition) is 25. The largest absolute Gasteiger partial charge is 0.473 e. The van der Waals surface area contributed by atoms with Gasteiger partial charge in [0.05, 0.1) is 80.0 Å². The Labute approximate surface area is 469 Å². The van der Waals surface area contributed by atoms with Gasteiger partial charge >= 0.3 is 0 Å². The third-order valence-electron chi connectivity index (χ3n) is 6.51. The van der Waals surface area contributed by atoms with E-state index in [9.17, 15) is 0 Å². The topological polar surface area (TPSA) is 270 Å². The number of allylic oxidation sites excluding steroid dienone is 6. The van der Waals surface area contributed by atoms with Gasteiger partial charge in [-0.3, -0.25) is 20.0 Å². The number of rotatable bonds is 0. The van der Waals surface area contributed by atoms with Crippen molar-refractivity contribution in [3.8, 4) is 0 Å². The number of hydrogen-bond donors (Lipinski definition) is 0. The van der Waals surface area contributed by atoms with E-state index in [2.05, 4.69) is 126 Å². The number of azo groups is 1. The molecule has 1 aliphatic carbocycles. The zero-order valence-electron chi connectivity index (χ0n) is 42.0. The summed E-state index contributed by atoms with van der Waals surface area (Å²) in [5.74, 6) is 0. The third-order valence-corrected chi connectivity index (χ3v) is 8.61. The van der Waals surface area contributed by atoms with Crippen molar-refractivity contribution in [1.82, 2.24) is 63.7 Å². The Morgan fingerprint density at radius 3 is 1.37 bits per heavy atom. The molecule has 11 aromatic heterocycles. The van der Waals surface area contributed by atoms with E-state index in [1.54, 1.807) is 146 Å². The Bertz CT molecular complexity index is 2050. The van der Waals surface area contributed by atoms with Crippen molar-refractivity contribution in [3.05, 3.63) is 285 Å². The van der Waals surface area contributed by atoms with E-state index in [1.165, 1.54) is 60.9 Å². The normalized spacial score (nSPS) is 10.5. The Kier molecular flexibility index (Phi) is 53.9. The van der Waals surface area contributed by atoms with Gasteiger partial charge in [-0.25, -0.2) is 24.0 Å². The molecule has 0 radical (unpaired) electrons. The first-order valence-corrected chi connectivity index (χ1v) is 26.1. The minimum Gasteiger partial charge on any atom is -0.473 e. The van der Waals surface area contributed by atoms with Gasteiger partial charge in [0.15, 0.2) is 6.39 Å². The van der Waals surface area contributed by atoms with Crippen molar-refractivity contribution in [2.24, 2.45) is 20.2 Å². The second-order valence-electron chi connectivity index (χ2n) is 12.1. The average Bonchev–Trinajstić information content (AvgIpc) is 4.36. The zero-order valence-corrected chi connectivity index (χ0v) is 45.3. The number of thiophene rings is 1. The molecule has 3 aliphatic heterocycles. The molecular weight excluding hydrogens is 1070 g/mol. The maximum absolute atomic E-state index is 4.58. The fourth-order valence-corrected chi connectivity index (χ4v) is 4.91. The van der Waals surface area contributed by atoms with Crippen molar-refractivity contribution in [1.29, 1.82) is 0 Å². The van der Waals surface area contributed by atoms with E-state index in [0.29, 0.717) is 0 Å². The molecule has 0 fully saturated rings. The highest BCUT2D eigenvalue weighted by molar-refractivity contribution is 7.07. The van der Waals surface area contributed by atoms with Crippen LogP contribution in [0.1, 0.15) is 12.8 Å². The van der Waals surface area contributed by atoms with Crippen LogP contribution in [0.4, 0.5) is 0 Å². The van der Waals surface area contributed by atoms with Crippen LogP contribution in [-0.4, -0.2) is 89.2 Å². The van der Waals surface area contributed by atoms with E-state index < -0.39 is 0 Å². The van der Waals surface area contributed by atoms with Gasteiger partial charge in [-0.15, -0.1) is 11.3 Å². The Balaban J connectivity index is 0.000000418. The van der Waals surface area contributed by atoms with Crippen LogP contribution in [0.2, 0.25) is 0 Å². The summed E-state index contributed by atoms with van der Waals surface area (Å²) in [6, 6.07) is 22.5. The van der Waals surface area contributed by atoms with Crippen molar-refractivity contribution in [2.75, 3.05) is 13.1 Å². The first-order chi connectivity index (χ1) is 39.0. The fraction of sp³-hybridized carbons (Fsp3) is 0.0755. The number of thiazole rings is 1. The smallest absolute Gasteiger partial charge is 0.180 e. The summed E-state index contributed by atoms with van der Waals surface area (Å²) < 4.78 is 28.5. The highest BCUT2D eigenvalue weighted by Crippen LogP contribution is 1.94. The summed E-state index contributed by atoms with van der Waals surface area (Å²) in [5, 5.41) is 32.0. The zero-order chi connectivity index (χ0) is 55.2. The monoisotopic (exact) mass is 1120 g/mol. The van der Waals surface area contributed by atoms with Crippen LogP contribution in [0.15, 0.2) is 324 Å². The lowest BCUT2D eigenvalue weighted by Crippen LogP contribution is -1.69. The highest BCUT2D eigenvalue weighted by Gasteiger charge is 1.75. The molecule has 0 amide bonds. The van der Waals surface area contributed by atoms with E-state index in [4.69, 9.17) is 0 Å². The molecule has 0 bridgehead atoms. The molecule has 15 rings (SSSR count). The standard InChI is InChI=1S/C5H5N.C5H6.2C4H4N2.2C4H5N.C4H4O.C4H4S.C3H4N2.2C3H3NO.2C3H3NS.C2H2N2O.C2H2N2S/c1-2-4-6-5-3-1;1-2-4-5-3-1;1-2-5-4-6-3-1;1-2-4-6-5-3-1;5*1-2-4-5-3-1;1-2-5-3-4-1;1-2-4-5-3-1;1-2-5-3-4-1;3*1-2-4-5-3-1/h1-5H;1-4H,5H2;2*1-4H;1,3-4H,2H2;1-3H,4H2;2*1-4H;1-2H,3H2;4*1-3H;2*1-2H. The first kappa shape index (κ1) is 66.3. The van der Waals surface area contributed by atoms with Gasteiger partial charge < -0.3 is 13.4 Å². The van der Waals surface area contributed by atoms with E-state index >= 15 is 0 Å². The van der Waals surface area contributed by atoms with Crippen LogP contribution in [-0.2, 0) is 0 Å². The van der Waals surface area contributed by atoms with Crippen molar-refractivity contribution >= 4 is 58.4 Å². The van der Waals surface area contributed by atoms with Crippen LogP contribution < -0.4 is 0 Å². The number of pyridine rings is 1. The Morgan fingerprint density at radius 2 is 1.18 bits per heavy atom. The Hall–Kier alpha value is -9.69. The van der Waals surface area contributed by atoms with E-state index in [-0.39, 0.29) is 0 Å². The van der Waals surface area contributed by atoms with Gasteiger partial charge in [0, 0.05) is 91.6 Å². The quantitative estimate of drug-likeness (QED) is 0.136. The summed E-state index contributed by atoms with van der Waals surface area (Å²) in [7, 11) is 0. The van der Waals surface area contributed by atoms with Gasteiger partial charge in [0.2, 0.25) is 0 Å².